The number of esters is 1. The standard InChI is InChI=1S/C26H48NO7P/c1-5-6-7-8-9-10-11-12-13-14-15-16-17-18-19-20-26(29)32-23-25(28)24-34-35(30,31)33-22-21-27(2,3)4/h9-10,12-13,15-16,25,28H,5-8,11,14,17-24H2,1-4H3/b10-9+,13-12+,16-15+/t25-/m1/s1. The highest BCUT2D eigenvalue weighted by Crippen LogP contribution is 2.38. The molecule has 0 aromatic heterocycles. The fourth-order valence-corrected chi connectivity index (χ4v) is 3.51. The molecule has 0 aromatic rings. The molecule has 9 heteroatoms. The maximum Gasteiger partial charge on any atom is 0.305 e. The van der Waals surface area contributed by atoms with Crippen LogP contribution in [0, 0.1) is 0 Å². The second kappa shape index (κ2) is 20.9. The van der Waals surface area contributed by atoms with Crippen LogP contribution in [-0.2, 0) is 23.1 Å². The minimum absolute atomic E-state index is 0.0158. The Bertz CT molecular complexity index is 671. The summed E-state index contributed by atoms with van der Waals surface area (Å²) < 4.78 is 26.6. The van der Waals surface area contributed by atoms with E-state index < -0.39 is 26.5 Å². The van der Waals surface area contributed by atoms with E-state index in [-0.39, 0.29) is 19.6 Å². The van der Waals surface area contributed by atoms with E-state index in [1.807, 2.05) is 21.1 Å². The van der Waals surface area contributed by atoms with Crippen LogP contribution >= 0.6 is 7.82 Å². The summed E-state index contributed by atoms with van der Waals surface area (Å²) in [6.07, 6.45) is 21.4. The molecule has 0 saturated carbocycles. The monoisotopic (exact) mass is 517 g/mol. The molecule has 0 aliphatic carbocycles. The van der Waals surface area contributed by atoms with Crippen LogP contribution in [0.1, 0.15) is 71.1 Å². The first-order chi connectivity index (χ1) is 16.6. The van der Waals surface area contributed by atoms with Gasteiger partial charge in [-0.2, -0.15) is 0 Å². The molecule has 0 rings (SSSR count). The van der Waals surface area contributed by atoms with E-state index in [4.69, 9.17) is 9.26 Å². The van der Waals surface area contributed by atoms with Crippen molar-refractivity contribution in [1.29, 1.82) is 0 Å². The summed E-state index contributed by atoms with van der Waals surface area (Å²) in [6.45, 7) is 1.84. The first-order valence-electron chi connectivity index (χ1n) is 12.7. The Balaban J connectivity index is 3.73. The number of rotatable bonds is 22. The van der Waals surface area contributed by atoms with Crippen molar-refractivity contribution in [3.63, 3.8) is 0 Å². The van der Waals surface area contributed by atoms with Crippen molar-refractivity contribution in [3.05, 3.63) is 36.5 Å². The zero-order chi connectivity index (χ0) is 26.4. The highest BCUT2D eigenvalue weighted by molar-refractivity contribution is 7.45. The Labute approximate surface area is 212 Å². The molecular weight excluding hydrogens is 469 g/mol. The van der Waals surface area contributed by atoms with E-state index in [2.05, 4.69) is 47.9 Å². The smallest absolute Gasteiger partial charge is 0.305 e. The Morgan fingerprint density at radius 2 is 1.49 bits per heavy atom. The molecule has 0 aliphatic rings. The number of nitrogens with zero attached hydrogens (tertiary/aromatic N) is 1. The third kappa shape index (κ3) is 25.6. The average Bonchev–Trinajstić information content (AvgIpc) is 2.78. The molecule has 0 saturated heterocycles. The molecule has 0 heterocycles. The minimum atomic E-state index is -4.50. The zero-order valence-corrected chi connectivity index (χ0v) is 23.1. The molecule has 0 spiro atoms. The number of carbonyl (C=O) groups is 1. The summed E-state index contributed by atoms with van der Waals surface area (Å²) in [5.74, 6) is -0.428. The predicted octanol–water partition coefficient (Wildman–Crippen LogP) is 4.69. The molecule has 0 radical (unpaired) electrons. The van der Waals surface area contributed by atoms with Crippen LogP contribution in [0.5, 0.6) is 0 Å². The van der Waals surface area contributed by atoms with Gasteiger partial charge in [-0.15, -0.1) is 0 Å². The van der Waals surface area contributed by atoms with Gasteiger partial charge < -0.3 is 28.3 Å². The van der Waals surface area contributed by atoms with Crippen molar-refractivity contribution in [2.75, 3.05) is 47.5 Å². The number of hydrogen-bond acceptors (Lipinski definition) is 7. The number of hydrogen-bond donors (Lipinski definition) is 1. The van der Waals surface area contributed by atoms with Gasteiger partial charge in [-0.3, -0.25) is 9.36 Å². The van der Waals surface area contributed by atoms with Gasteiger partial charge in [0, 0.05) is 6.42 Å². The third-order valence-electron chi connectivity index (χ3n) is 4.89. The van der Waals surface area contributed by atoms with Gasteiger partial charge in [-0.1, -0.05) is 56.2 Å². The molecule has 0 aliphatic heterocycles. The van der Waals surface area contributed by atoms with Gasteiger partial charge in [0.15, 0.2) is 0 Å². The molecule has 204 valence electrons. The molecule has 0 bridgehead atoms. The van der Waals surface area contributed by atoms with Crippen LogP contribution in [0.3, 0.4) is 0 Å². The molecular formula is C26H48NO7P. The molecule has 1 unspecified atom stereocenters. The maximum atomic E-state index is 11.8. The highest BCUT2D eigenvalue weighted by Gasteiger charge is 2.16. The minimum Gasteiger partial charge on any atom is -0.756 e. The molecule has 0 fully saturated rings. The van der Waals surface area contributed by atoms with Crippen LogP contribution in [-0.4, -0.2) is 69.2 Å². The summed E-state index contributed by atoms with van der Waals surface area (Å²) in [7, 11) is 1.22. The number of phosphoric ester groups is 1. The number of aliphatic hydroxyl groups excluding tert-OH is 1. The number of likely N-dealkylation sites (N-methyl/N-ethyl adjacent to an activating group) is 1. The average molecular weight is 518 g/mol. The Kier molecular flexibility index (Phi) is 20.1. The predicted molar refractivity (Wildman–Crippen MR) is 139 cm³/mol. The van der Waals surface area contributed by atoms with E-state index in [0.717, 1.165) is 25.7 Å². The SMILES string of the molecule is CCCCC/C=C/C/C=C/C/C=C/CCCCC(=O)OC[C@@H](O)COP(=O)([O-])OCC[N+](C)(C)C. The number of unbranched alkanes of at least 4 members (excludes halogenated alkanes) is 5. The van der Waals surface area contributed by atoms with E-state index in [0.29, 0.717) is 17.4 Å². The summed E-state index contributed by atoms with van der Waals surface area (Å²) in [4.78, 5) is 23.4. The van der Waals surface area contributed by atoms with Crippen molar-refractivity contribution in [1.82, 2.24) is 0 Å². The Morgan fingerprint density at radius 3 is 2.06 bits per heavy atom. The summed E-state index contributed by atoms with van der Waals surface area (Å²) in [5.41, 5.74) is 0. The lowest BCUT2D eigenvalue weighted by molar-refractivity contribution is -0.870. The van der Waals surface area contributed by atoms with Crippen LogP contribution in [0.15, 0.2) is 36.5 Å². The first kappa shape index (κ1) is 33.7. The molecule has 8 nitrogen and oxygen atoms in total. The zero-order valence-electron chi connectivity index (χ0n) is 22.2. The largest absolute Gasteiger partial charge is 0.756 e. The van der Waals surface area contributed by atoms with Crippen LogP contribution in [0.25, 0.3) is 0 Å². The third-order valence-corrected chi connectivity index (χ3v) is 5.86. The number of ether oxygens (including phenoxy) is 1. The van der Waals surface area contributed by atoms with E-state index >= 15 is 0 Å². The molecule has 0 aromatic carbocycles. The van der Waals surface area contributed by atoms with Gasteiger partial charge in [-0.25, -0.2) is 0 Å². The summed E-state index contributed by atoms with van der Waals surface area (Å²) in [5, 5.41) is 9.78. The van der Waals surface area contributed by atoms with Gasteiger partial charge in [0.05, 0.1) is 27.7 Å². The normalized spacial score (nSPS) is 15.3. The quantitative estimate of drug-likeness (QED) is 0.0730. The topological polar surface area (TPSA) is 105 Å². The van der Waals surface area contributed by atoms with Gasteiger partial charge in [0.25, 0.3) is 7.82 Å². The van der Waals surface area contributed by atoms with Gasteiger partial charge in [-0.05, 0) is 44.9 Å². The molecule has 35 heavy (non-hydrogen) atoms. The fraction of sp³-hybridized carbons (Fsp3) is 0.731. The lowest BCUT2D eigenvalue weighted by Crippen LogP contribution is -2.37. The Hall–Kier alpha value is -1.28. The van der Waals surface area contributed by atoms with Crippen molar-refractivity contribution in [3.8, 4) is 0 Å². The van der Waals surface area contributed by atoms with Gasteiger partial charge >= 0.3 is 5.97 Å². The summed E-state index contributed by atoms with van der Waals surface area (Å²) in [6, 6.07) is 0. The lowest BCUT2D eigenvalue weighted by atomic mass is 10.1. The van der Waals surface area contributed by atoms with Crippen molar-refractivity contribution in [2.45, 2.75) is 77.2 Å². The summed E-state index contributed by atoms with van der Waals surface area (Å²) >= 11 is 0. The van der Waals surface area contributed by atoms with Crippen molar-refractivity contribution < 1.29 is 37.6 Å². The first-order valence-corrected chi connectivity index (χ1v) is 14.2. The molecule has 0 amide bonds. The molecule has 1 N–H and O–H groups in total. The van der Waals surface area contributed by atoms with Crippen LogP contribution in [0.4, 0.5) is 0 Å². The number of carbonyl (C=O) groups excluding carboxylic acids is 1. The maximum absolute atomic E-state index is 11.8. The Morgan fingerprint density at radius 1 is 0.914 bits per heavy atom. The fourth-order valence-electron chi connectivity index (χ4n) is 2.77. The number of aliphatic hydroxyl groups is 1. The number of phosphoric acid groups is 1. The number of quaternary nitrogens is 1. The van der Waals surface area contributed by atoms with Crippen LogP contribution < -0.4 is 4.89 Å². The van der Waals surface area contributed by atoms with E-state index in [1.165, 1.54) is 25.7 Å². The van der Waals surface area contributed by atoms with Crippen LogP contribution in [0.2, 0.25) is 0 Å². The van der Waals surface area contributed by atoms with Crippen molar-refractivity contribution >= 4 is 13.8 Å². The number of allylic oxidation sites excluding steroid dienone is 6. The van der Waals surface area contributed by atoms with E-state index in [1.54, 1.807) is 0 Å². The van der Waals surface area contributed by atoms with Crippen molar-refractivity contribution in [2.24, 2.45) is 0 Å². The second-order valence-electron chi connectivity index (χ2n) is 9.55. The second-order valence-corrected chi connectivity index (χ2v) is 11.0. The van der Waals surface area contributed by atoms with Gasteiger partial charge in [0.2, 0.25) is 0 Å². The lowest BCUT2D eigenvalue weighted by Gasteiger charge is -2.27. The van der Waals surface area contributed by atoms with E-state index in [9.17, 15) is 19.4 Å². The highest BCUT2D eigenvalue weighted by atomic mass is 31.2. The molecule has 2 atom stereocenters. The van der Waals surface area contributed by atoms with Gasteiger partial charge in [0.1, 0.15) is 25.9 Å².